The first kappa shape index (κ1) is 12.6. The highest BCUT2D eigenvalue weighted by Gasteiger charge is 2.04. The van der Waals surface area contributed by atoms with E-state index in [-0.39, 0.29) is 11.7 Å². The van der Waals surface area contributed by atoms with Crippen molar-refractivity contribution in [2.45, 2.75) is 0 Å². The molecule has 0 atom stereocenters. The van der Waals surface area contributed by atoms with Gasteiger partial charge in [0.1, 0.15) is 5.75 Å². The van der Waals surface area contributed by atoms with E-state index < -0.39 is 0 Å². The maximum atomic E-state index is 11.5. The Labute approximate surface area is 113 Å². The molecule has 0 aliphatic rings. The molecule has 0 saturated heterocycles. The summed E-state index contributed by atoms with van der Waals surface area (Å²) in [5.41, 5.74) is 2.81. The molecule has 1 amide bonds. The van der Waals surface area contributed by atoms with Crippen LogP contribution < -0.4 is 5.43 Å². The fourth-order valence-corrected chi connectivity index (χ4v) is 2.05. The lowest BCUT2D eigenvalue weighted by Gasteiger charge is -1.99. The van der Waals surface area contributed by atoms with Gasteiger partial charge in [0.2, 0.25) is 0 Å². The smallest absolute Gasteiger partial charge is 0.281 e. The Morgan fingerprint density at radius 2 is 2.28 bits per heavy atom. The number of phenols is 1. The van der Waals surface area contributed by atoms with Gasteiger partial charge in [-0.15, -0.1) is 11.3 Å². The van der Waals surface area contributed by atoms with Crippen LogP contribution in [0, 0.1) is 0 Å². The number of halogens is 1. The monoisotopic (exact) mass is 280 g/mol. The van der Waals surface area contributed by atoms with Gasteiger partial charge in [0.25, 0.3) is 5.91 Å². The van der Waals surface area contributed by atoms with Crippen molar-refractivity contribution in [3.63, 3.8) is 0 Å². The molecule has 1 aromatic carbocycles. The van der Waals surface area contributed by atoms with Crippen molar-refractivity contribution < 1.29 is 9.90 Å². The number of aromatic hydroxyl groups is 1. The number of nitrogens with zero attached hydrogens (tertiary/aromatic N) is 1. The zero-order valence-corrected chi connectivity index (χ0v) is 10.7. The van der Waals surface area contributed by atoms with E-state index in [9.17, 15) is 9.90 Å². The molecule has 0 spiro atoms. The number of phenolic OH excluding ortho intramolecular Hbond substituents is 1. The van der Waals surface area contributed by atoms with Crippen molar-refractivity contribution in [3.8, 4) is 5.75 Å². The highest BCUT2D eigenvalue weighted by molar-refractivity contribution is 7.12. The minimum Gasteiger partial charge on any atom is -0.507 e. The molecule has 2 N–H and O–H groups in total. The second-order valence-electron chi connectivity index (χ2n) is 3.38. The molecule has 0 aliphatic heterocycles. The first-order valence-electron chi connectivity index (χ1n) is 5.02. The van der Waals surface area contributed by atoms with Gasteiger partial charge >= 0.3 is 0 Å². The summed E-state index contributed by atoms with van der Waals surface area (Å²) in [7, 11) is 0. The number of hydrazone groups is 1. The second kappa shape index (κ2) is 5.66. The van der Waals surface area contributed by atoms with Crippen LogP contribution in [-0.4, -0.2) is 17.2 Å². The van der Waals surface area contributed by atoms with E-state index in [2.05, 4.69) is 10.5 Å². The molecule has 2 aromatic rings. The molecule has 0 bridgehead atoms. The second-order valence-corrected chi connectivity index (χ2v) is 4.76. The molecular formula is C12H9ClN2O2S. The lowest BCUT2D eigenvalue weighted by molar-refractivity contribution is 0.0959. The highest BCUT2D eigenvalue weighted by Crippen LogP contribution is 2.19. The third kappa shape index (κ3) is 3.09. The SMILES string of the molecule is O=C(N/N=C\c1cc(Cl)ccc1O)c1cccs1. The Morgan fingerprint density at radius 1 is 1.44 bits per heavy atom. The Hall–Kier alpha value is -1.85. The molecule has 0 radical (unpaired) electrons. The molecule has 0 aliphatic carbocycles. The summed E-state index contributed by atoms with van der Waals surface area (Å²) in [6.07, 6.45) is 1.34. The maximum Gasteiger partial charge on any atom is 0.281 e. The summed E-state index contributed by atoms with van der Waals surface area (Å²) in [5.74, 6) is -0.240. The van der Waals surface area contributed by atoms with Crippen molar-refractivity contribution in [2.24, 2.45) is 5.10 Å². The van der Waals surface area contributed by atoms with Gasteiger partial charge in [0.05, 0.1) is 11.1 Å². The number of nitrogens with one attached hydrogen (secondary N) is 1. The number of amides is 1. The minimum absolute atomic E-state index is 0.0496. The van der Waals surface area contributed by atoms with Crippen LogP contribution in [0.25, 0.3) is 0 Å². The topological polar surface area (TPSA) is 61.7 Å². The van der Waals surface area contributed by atoms with Gasteiger partial charge in [0, 0.05) is 10.6 Å². The van der Waals surface area contributed by atoms with E-state index in [1.807, 2.05) is 0 Å². The third-order valence-electron chi connectivity index (χ3n) is 2.10. The van der Waals surface area contributed by atoms with Gasteiger partial charge in [-0.25, -0.2) is 5.43 Å². The van der Waals surface area contributed by atoms with E-state index in [1.54, 1.807) is 29.6 Å². The van der Waals surface area contributed by atoms with Gasteiger partial charge in [-0.2, -0.15) is 5.10 Å². The molecular weight excluding hydrogens is 272 g/mol. The van der Waals surface area contributed by atoms with Crippen molar-refractivity contribution in [3.05, 3.63) is 51.2 Å². The quantitative estimate of drug-likeness (QED) is 0.671. The summed E-state index contributed by atoms with van der Waals surface area (Å²) < 4.78 is 0. The average Bonchev–Trinajstić information content (AvgIpc) is 2.87. The van der Waals surface area contributed by atoms with E-state index in [0.717, 1.165) is 0 Å². The van der Waals surface area contributed by atoms with Crippen LogP contribution in [0.1, 0.15) is 15.2 Å². The standard InChI is InChI=1S/C12H9ClN2O2S/c13-9-3-4-10(16)8(6-9)7-14-15-12(17)11-2-1-5-18-11/h1-7,16H,(H,15,17)/b14-7-. The highest BCUT2D eigenvalue weighted by atomic mass is 35.5. The van der Waals surface area contributed by atoms with E-state index in [1.165, 1.54) is 23.6 Å². The van der Waals surface area contributed by atoms with Crippen LogP contribution in [0.5, 0.6) is 5.75 Å². The molecule has 0 saturated carbocycles. The van der Waals surface area contributed by atoms with Gasteiger partial charge in [0.15, 0.2) is 0 Å². The lowest BCUT2D eigenvalue weighted by Crippen LogP contribution is -2.16. The number of hydrogen-bond acceptors (Lipinski definition) is 4. The molecule has 0 unspecified atom stereocenters. The molecule has 18 heavy (non-hydrogen) atoms. The van der Waals surface area contributed by atoms with E-state index in [0.29, 0.717) is 15.5 Å². The molecule has 92 valence electrons. The largest absolute Gasteiger partial charge is 0.507 e. The fraction of sp³-hybridized carbons (Fsp3) is 0. The van der Waals surface area contributed by atoms with Crippen molar-refractivity contribution in [1.29, 1.82) is 0 Å². The van der Waals surface area contributed by atoms with Crippen molar-refractivity contribution in [2.75, 3.05) is 0 Å². The first-order chi connectivity index (χ1) is 8.66. The number of carbonyl (C=O) groups excluding carboxylic acids is 1. The summed E-state index contributed by atoms with van der Waals surface area (Å²) in [4.78, 5) is 12.1. The Bertz CT molecular complexity index is 582. The molecule has 1 aromatic heterocycles. The Morgan fingerprint density at radius 3 is 3.00 bits per heavy atom. The van der Waals surface area contributed by atoms with Gasteiger partial charge < -0.3 is 5.11 Å². The predicted molar refractivity (Wildman–Crippen MR) is 72.5 cm³/mol. The van der Waals surface area contributed by atoms with E-state index >= 15 is 0 Å². The van der Waals surface area contributed by atoms with Crippen LogP contribution in [0.4, 0.5) is 0 Å². The zero-order chi connectivity index (χ0) is 13.0. The number of rotatable bonds is 3. The third-order valence-corrected chi connectivity index (χ3v) is 3.21. The average molecular weight is 281 g/mol. The van der Waals surface area contributed by atoms with Crippen LogP contribution >= 0.6 is 22.9 Å². The number of hydrogen-bond donors (Lipinski definition) is 2. The summed E-state index contributed by atoms with van der Waals surface area (Å²) in [5, 5.41) is 15.6. The van der Waals surface area contributed by atoms with Gasteiger partial charge in [-0.05, 0) is 29.6 Å². The number of carbonyl (C=O) groups is 1. The van der Waals surface area contributed by atoms with Crippen LogP contribution in [0.2, 0.25) is 5.02 Å². The molecule has 1 heterocycles. The molecule has 0 fully saturated rings. The lowest BCUT2D eigenvalue weighted by atomic mass is 10.2. The molecule has 2 rings (SSSR count). The zero-order valence-electron chi connectivity index (χ0n) is 9.13. The van der Waals surface area contributed by atoms with Crippen LogP contribution in [0.3, 0.4) is 0 Å². The number of thiophene rings is 1. The van der Waals surface area contributed by atoms with Crippen molar-refractivity contribution in [1.82, 2.24) is 5.43 Å². The Kier molecular flexibility index (Phi) is 3.96. The van der Waals surface area contributed by atoms with Gasteiger partial charge in [-0.1, -0.05) is 17.7 Å². The van der Waals surface area contributed by atoms with Gasteiger partial charge in [-0.3, -0.25) is 4.79 Å². The maximum absolute atomic E-state index is 11.5. The fourth-order valence-electron chi connectivity index (χ4n) is 1.25. The summed E-state index contributed by atoms with van der Waals surface area (Å²) in [6.45, 7) is 0. The summed E-state index contributed by atoms with van der Waals surface area (Å²) in [6, 6.07) is 8.07. The number of benzene rings is 1. The Balaban J connectivity index is 2.03. The van der Waals surface area contributed by atoms with Crippen molar-refractivity contribution >= 4 is 35.1 Å². The summed E-state index contributed by atoms with van der Waals surface area (Å²) >= 11 is 7.11. The molecule has 6 heteroatoms. The normalized spacial score (nSPS) is 10.7. The van der Waals surface area contributed by atoms with Crippen LogP contribution in [-0.2, 0) is 0 Å². The predicted octanol–water partition coefficient (Wildman–Crippen LogP) is 2.87. The van der Waals surface area contributed by atoms with Crippen LogP contribution in [0.15, 0.2) is 40.8 Å². The molecule has 4 nitrogen and oxygen atoms in total. The minimum atomic E-state index is -0.289. The first-order valence-corrected chi connectivity index (χ1v) is 6.28. The van der Waals surface area contributed by atoms with E-state index in [4.69, 9.17) is 11.6 Å².